The third kappa shape index (κ3) is 9.63. The van der Waals surface area contributed by atoms with E-state index in [9.17, 15) is 13.2 Å². The van der Waals surface area contributed by atoms with Gasteiger partial charge in [-0.2, -0.15) is 0 Å². The minimum atomic E-state index is -3.91. The molecule has 0 fully saturated rings. The highest BCUT2D eigenvalue weighted by atomic mass is 32.2. The molecule has 4 rings (SSSR count). The van der Waals surface area contributed by atoms with Gasteiger partial charge in [0, 0.05) is 17.2 Å². The first-order chi connectivity index (χ1) is 20.9. The minimum absolute atomic E-state index is 0.0782. The van der Waals surface area contributed by atoms with Crippen molar-refractivity contribution in [1.29, 1.82) is 0 Å². The monoisotopic (exact) mass is 593 g/mol. The number of ether oxygens (including phenoxy) is 2. The van der Waals surface area contributed by atoms with Crippen LogP contribution in [0.5, 0.6) is 5.75 Å². The summed E-state index contributed by atoms with van der Waals surface area (Å²) in [5.41, 5.74) is 5.03. The average molecular weight is 594 g/mol. The van der Waals surface area contributed by atoms with Gasteiger partial charge in [-0.15, -0.1) is 0 Å². The van der Waals surface area contributed by atoms with Gasteiger partial charge in [0.1, 0.15) is 5.75 Å². The lowest BCUT2D eigenvalue weighted by Gasteiger charge is -2.23. The fraction of sp³-hybridized carbons (Fsp3) is 0.194. The highest BCUT2D eigenvalue weighted by Crippen LogP contribution is 2.27. The van der Waals surface area contributed by atoms with E-state index in [1.165, 1.54) is 35.2 Å². The van der Waals surface area contributed by atoms with Crippen LogP contribution >= 0.6 is 0 Å². The zero-order valence-corrected chi connectivity index (χ0v) is 25.2. The zero-order valence-electron chi connectivity index (χ0n) is 24.4. The molecule has 0 heterocycles. The molecule has 4 aromatic rings. The van der Waals surface area contributed by atoms with Crippen molar-refractivity contribution in [2.45, 2.75) is 32.7 Å². The number of unbranched alkanes of at least 4 members (excludes halogenated alkanes) is 1. The van der Waals surface area contributed by atoms with Gasteiger partial charge in [0.05, 0.1) is 24.7 Å². The van der Waals surface area contributed by atoms with Gasteiger partial charge in [0.15, 0.2) is 6.61 Å². The first-order valence-electron chi connectivity index (χ1n) is 14.1. The Morgan fingerprint density at radius 1 is 0.837 bits per heavy atom. The summed E-state index contributed by atoms with van der Waals surface area (Å²) < 4.78 is 38.7. The Morgan fingerprint density at radius 3 is 2.12 bits per heavy atom. The molecule has 4 aromatic carbocycles. The highest BCUT2D eigenvalue weighted by molar-refractivity contribution is 7.95. The van der Waals surface area contributed by atoms with E-state index in [0.29, 0.717) is 11.4 Å². The molecule has 7 heteroatoms. The number of benzene rings is 4. The van der Waals surface area contributed by atoms with Crippen LogP contribution in [0.15, 0.2) is 109 Å². The Labute approximate surface area is 254 Å². The third-order valence-electron chi connectivity index (χ3n) is 6.63. The molecule has 0 N–H and O–H groups in total. The van der Waals surface area contributed by atoms with E-state index in [1.54, 1.807) is 30.3 Å². The fourth-order valence-electron chi connectivity index (χ4n) is 4.20. The maximum atomic E-state index is 13.6. The number of carbonyl (C=O) groups excluding carboxylic acids is 1. The maximum absolute atomic E-state index is 13.6. The number of sulfonamides is 1. The molecule has 0 bridgehead atoms. The number of methoxy groups -OCH3 is 1. The Morgan fingerprint density at radius 2 is 1.49 bits per heavy atom. The summed E-state index contributed by atoms with van der Waals surface area (Å²) >= 11 is 0. The number of rotatable bonds is 12. The van der Waals surface area contributed by atoms with E-state index in [2.05, 4.69) is 35.6 Å². The second-order valence-corrected chi connectivity index (χ2v) is 11.6. The van der Waals surface area contributed by atoms with Gasteiger partial charge in [-0.1, -0.05) is 85.8 Å². The summed E-state index contributed by atoms with van der Waals surface area (Å²) in [6.45, 7) is 1.98. The van der Waals surface area contributed by atoms with E-state index in [1.807, 2.05) is 66.7 Å². The fourth-order valence-corrected chi connectivity index (χ4v) is 5.41. The predicted molar refractivity (Wildman–Crippen MR) is 172 cm³/mol. The summed E-state index contributed by atoms with van der Waals surface area (Å²) in [7, 11) is -2.64. The molecule has 0 saturated heterocycles. The molecule has 0 aromatic heterocycles. The molecular weight excluding hydrogens is 558 g/mol. The smallest absolute Gasteiger partial charge is 0.343 e. The second kappa shape index (κ2) is 15.4. The maximum Gasteiger partial charge on any atom is 0.343 e. The second-order valence-electron chi connectivity index (χ2n) is 9.87. The predicted octanol–water partition coefficient (Wildman–Crippen LogP) is 6.99. The van der Waals surface area contributed by atoms with Gasteiger partial charge >= 0.3 is 5.97 Å². The quantitative estimate of drug-likeness (QED) is 0.131. The molecule has 0 aliphatic carbocycles. The van der Waals surface area contributed by atoms with Crippen molar-refractivity contribution in [1.82, 2.24) is 0 Å². The molecule has 0 radical (unpaired) electrons. The molecule has 43 heavy (non-hydrogen) atoms. The number of esters is 1. The van der Waals surface area contributed by atoms with Crippen molar-refractivity contribution in [3.05, 3.63) is 136 Å². The molecular formula is C36H35NO5S. The molecule has 0 aliphatic rings. The van der Waals surface area contributed by atoms with Crippen molar-refractivity contribution < 1.29 is 22.7 Å². The van der Waals surface area contributed by atoms with Gasteiger partial charge in [-0.05, 0) is 72.0 Å². The van der Waals surface area contributed by atoms with Crippen LogP contribution in [0.25, 0.3) is 6.08 Å². The zero-order chi connectivity index (χ0) is 30.5. The first-order valence-corrected chi connectivity index (χ1v) is 15.6. The largest absolute Gasteiger partial charge is 0.482 e. The van der Waals surface area contributed by atoms with Crippen LogP contribution < -0.4 is 9.04 Å². The van der Waals surface area contributed by atoms with Crippen molar-refractivity contribution in [3.8, 4) is 17.6 Å². The van der Waals surface area contributed by atoms with Gasteiger partial charge < -0.3 is 9.47 Å². The minimum Gasteiger partial charge on any atom is -0.482 e. The molecule has 0 amide bonds. The molecule has 0 saturated carbocycles. The topological polar surface area (TPSA) is 72.9 Å². The summed E-state index contributed by atoms with van der Waals surface area (Å²) in [5.74, 6) is 6.21. The SMILES string of the molecule is CCCCc1ccc(C#Cc2ccc(CN(c3cccc(OCC(=O)OC)c3)S(=O)(=O)/C=C/c3ccccc3)cc2)cc1. The van der Waals surface area contributed by atoms with E-state index in [0.717, 1.165) is 28.7 Å². The molecule has 0 spiro atoms. The summed E-state index contributed by atoms with van der Waals surface area (Å²) in [6.07, 6.45) is 4.98. The number of hydrogen-bond donors (Lipinski definition) is 0. The van der Waals surface area contributed by atoms with Crippen LogP contribution in [0.2, 0.25) is 0 Å². The standard InChI is InChI=1S/C36H35NO5S/c1-3-4-9-30-14-16-31(17-15-30)18-19-32-20-22-33(23-21-32)27-37(43(39,40)25-24-29-10-6-5-7-11-29)34-12-8-13-35(26-34)42-28-36(38)41-2/h5-8,10-17,20-26H,3-4,9,27-28H2,1-2H3/b25-24+. The van der Waals surface area contributed by atoms with Crippen molar-refractivity contribution >= 4 is 27.8 Å². The highest BCUT2D eigenvalue weighted by Gasteiger charge is 2.21. The molecule has 6 nitrogen and oxygen atoms in total. The van der Waals surface area contributed by atoms with Gasteiger partial charge in [-0.25, -0.2) is 13.2 Å². The average Bonchev–Trinajstić information content (AvgIpc) is 3.04. The number of carbonyl (C=O) groups is 1. The lowest BCUT2D eigenvalue weighted by atomic mass is 10.1. The molecule has 0 aliphatic heterocycles. The van der Waals surface area contributed by atoms with Gasteiger partial charge in [0.25, 0.3) is 10.0 Å². The number of aryl methyl sites for hydroxylation is 1. The molecule has 220 valence electrons. The van der Waals surface area contributed by atoms with Crippen LogP contribution in [0.3, 0.4) is 0 Å². The Balaban J connectivity index is 1.56. The van der Waals surface area contributed by atoms with E-state index in [-0.39, 0.29) is 13.2 Å². The summed E-state index contributed by atoms with van der Waals surface area (Å²) in [4.78, 5) is 11.6. The van der Waals surface area contributed by atoms with Crippen molar-refractivity contribution in [2.75, 3.05) is 18.0 Å². The van der Waals surface area contributed by atoms with Crippen LogP contribution in [0.1, 0.15) is 47.6 Å². The number of anilines is 1. The number of nitrogens with zero attached hydrogens (tertiary/aromatic N) is 1. The Kier molecular flexibility index (Phi) is 11.2. The van der Waals surface area contributed by atoms with E-state index >= 15 is 0 Å². The first kappa shape index (κ1) is 31.1. The Bertz CT molecular complexity index is 1680. The van der Waals surface area contributed by atoms with Gasteiger partial charge in [-0.3, -0.25) is 4.31 Å². The van der Waals surface area contributed by atoms with Crippen LogP contribution in [-0.2, 0) is 32.5 Å². The van der Waals surface area contributed by atoms with Crippen LogP contribution in [0, 0.1) is 11.8 Å². The van der Waals surface area contributed by atoms with Crippen LogP contribution in [-0.4, -0.2) is 28.1 Å². The van der Waals surface area contributed by atoms with E-state index < -0.39 is 16.0 Å². The van der Waals surface area contributed by atoms with Gasteiger partial charge in [0.2, 0.25) is 0 Å². The summed E-state index contributed by atoms with van der Waals surface area (Å²) in [5, 5.41) is 1.19. The lowest BCUT2D eigenvalue weighted by Crippen LogP contribution is -2.28. The van der Waals surface area contributed by atoms with Crippen molar-refractivity contribution in [2.24, 2.45) is 0 Å². The van der Waals surface area contributed by atoms with Crippen molar-refractivity contribution in [3.63, 3.8) is 0 Å². The van der Waals surface area contributed by atoms with Crippen LogP contribution in [0.4, 0.5) is 5.69 Å². The third-order valence-corrected chi connectivity index (χ3v) is 8.07. The number of hydrogen-bond acceptors (Lipinski definition) is 5. The molecule has 0 atom stereocenters. The summed E-state index contributed by atoms with van der Waals surface area (Å²) in [6, 6.07) is 31.7. The van der Waals surface area contributed by atoms with E-state index in [4.69, 9.17) is 4.74 Å². The normalized spacial score (nSPS) is 11.0. The lowest BCUT2D eigenvalue weighted by molar-refractivity contribution is -0.142. The Hall–Kier alpha value is -4.80. The molecule has 0 unspecified atom stereocenters.